The first-order valence-electron chi connectivity index (χ1n) is 4.72. The Morgan fingerprint density at radius 1 is 1.50 bits per heavy atom. The molecule has 0 amide bonds. The summed E-state index contributed by atoms with van der Waals surface area (Å²) in [5.74, 6) is -0.972. The second-order valence-corrected chi connectivity index (χ2v) is 3.51. The van der Waals surface area contributed by atoms with Crippen LogP contribution < -0.4 is 24.6 Å². The molecule has 0 bridgehead atoms. The fraction of sp³-hybridized carbons (Fsp3) is 0.182. The molecule has 5 heteroatoms. The van der Waals surface area contributed by atoms with E-state index in [4.69, 9.17) is 10.8 Å². The van der Waals surface area contributed by atoms with Crippen molar-refractivity contribution in [2.75, 3.05) is 0 Å². The molecule has 0 saturated carbocycles. The number of aromatic amines is 1. The van der Waals surface area contributed by atoms with Crippen molar-refractivity contribution in [3.05, 3.63) is 36.0 Å². The van der Waals surface area contributed by atoms with Gasteiger partial charge in [0.05, 0.1) is 0 Å². The molecule has 4 nitrogen and oxygen atoms in total. The van der Waals surface area contributed by atoms with Gasteiger partial charge in [-0.1, -0.05) is 18.2 Å². The Morgan fingerprint density at radius 3 is 2.88 bits per heavy atom. The van der Waals surface area contributed by atoms with Gasteiger partial charge < -0.3 is 17.3 Å². The maximum atomic E-state index is 10.6. The first kappa shape index (κ1) is 12.9. The van der Waals surface area contributed by atoms with E-state index in [2.05, 4.69) is 4.98 Å². The molecule has 2 aromatic rings. The summed E-state index contributed by atoms with van der Waals surface area (Å²) in [7, 11) is 0. The minimum Gasteiger partial charge on any atom is -1.00 e. The van der Waals surface area contributed by atoms with Gasteiger partial charge in [0.1, 0.15) is 6.04 Å². The fourth-order valence-corrected chi connectivity index (χ4v) is 1.62. The molecule has 0 radical (unpaired) electrons. The number of nitrogens with two attached hydrogens (primary N) is 1. The van der Waals surface area contributed by atoms with Crippen molar-refractivity contribution in [1.82, 2.24) is 4.98 Å². The van der Waals surface area contributed by atoms with Crippen LogP contribution in [0.1, 0.15) is 6.99 Å². The van der Waals surface area contributed by atoms with Crippen LogP contribution in [0.15, 0.2) is 30.5 Å². The van der Waals surface area contributed by atoms with E-state index in [-0.39, 0.29) is 20.3 Å². The van der Waals surface area contributed by atoms with Crippen LogP contribution in [-0.4, -0.2) is 22.1 Å². The Kier molecular flexibility index (Phi) is 4.19. The molecule has 2 rings (SSSR count). The molecule has 4 N–H and O–H groups in total. The molecule has 0 saturated heterocycles. The van der Waals surface area contributed by atoms with Crippen LogP contribution in [0.2, 0.25) is 0 Å². The summed E-state index contributed by atoms with van der Waals surface area (Å²) in [5, 5.41) is 9.75. The molecule has 1 aromatic heterocycles. The topological polar surface area (TPSA) is 79.1 Å². The molecule has 0 aliphatic heterocycles. The number of aliphatic carboxylic acids is 1. The molecule has 0 spiro atoms. The zero-order valence-corrected chi connectivity index (χ0v) is 9.10. The molecule has 0 aliphatic rings. The van der Waals surface area contributed by atoms with E-state index in [0.29, 0.717) is 6.42 Å². The van der Waals surface area contributed by atoms with Crippen LogP contribution in [0.5, 0.6) is 0 Å². The number of hydrogen-bond donors (Lipinski definition) is 3. The molecular formula is C11H13LiN2O2. The number of hydrogen-bond acceptors (Lipinski definition) is 2. The van der Waals surface area contributed by atoms with Gasteiger partial charge in [-0.2, -0.15) is 0 Å². The molecule has 16 heavy (non-hydrogen) atoms. The summed E-state index contributed by atoms with van der Waals surface area (Å²) in [6.07, 6.45) is 2.16. The van der Waals surface area contributed by atoms with Crippen LogP contribution in [-0.2, 0) is 11.2 Å². The van der Waals surface area contributed by atoms with Crippen molar-refractivity contribution >= 4 is 16.9 Å². The van der Waals surface area contributed by atoms with E-state index in [1.54, 1.807) is 0 Å². The van der Waals surface area contributed by atoms with E-state index < -0.39 is 12.0 Å². The summed E-state index contributed by atoms with van der Waals surface area (Å²) in [5.41, 5.74) is 7.43. The number of nitrogens with one attached hydrogen (secondary N) is 1. The first-order valence-corrected chi connectivity index (χ1v) is 4.72. The third kappa shape index (κ3) is 2.48. The molecule has 0 unspecified atom stereocenters. The van der Waals surface area contributed by atoms with Crippen molar-refractivity contribution in [2.45, 2.75) is 12.5 Å². The Labute approximate surface area is 106 Å². The number of carboxylic acid groups (broad SMARTS) is 1. The molecule has 1 aromatic carbocycles. The third-order valence-corrected chi connectivity index (χ3v) is 2.43. The minimum absolute atomic E-state index is 0. The maximum Gasteiger partial charge on any atom is 1.00 e. The molecule has 0 fully saturated rings. The number of benzene rings is 1. The Balaban J connectivity index is 0.00000128. The number of H-pyrrole nitrogens is 1. The van der Waals surface area contributed by atoms with Gasteiger partial charge in [0.15, 0.2) is 0 Å². The predicted octanol–water partition coefficient (Wildman–Crippen LogP) is -1.76. The van der Waals surface area contributed by atoms with Crippen LogP contribution in [0.4, 0.5) is 0 Å². The monoisotopic (exact) mass is 212 g/mol. The van der Waals surface area contributed by atoms with Crippen molar-refractivity contribution in [2.24, 2.45) is 5.73 Å². The van der Waals surface area contributed by atoms with E-state index in [1.807, 2.05) is 30.5 Å². The van der Waals surface area contributed by atoms with Gasteiger partial charge in [-0.25, -0.2) is 0 Å². The second-order valence-electron chi connectivity index (χ2n) is 3.51. The van der Waals surface area contributed by atoms with Crippen LogP contribution in [0.3, 0.4) is 0 Å². The molecule has 0 aliphatic carbocycles. The van der Waals surface area contributed by atoms with Crippen molar-refractivity contribution in [1.29, 1.82) is 0 Å². The third-order valence-electron chi connectivity index (χ3n) is 2.43. The number of carbonyl (C=O) groups is 1. The number of para-hydroxylation sites is 1. The summed E-state index contributed by atoms with van der Waals surface area (Å²) < 4.78 is 0. The average Bonchev–Trinajstić information content (AvgIpc) is 2.62. The minimum atomic E-state index is -0.972. The summed E-state index contributed by atoms with van der Waals surface area (Å²) >= 11 is 0. The zero-order valence-electron chi connectivity index (χ0n) is 10.1. The molecule has 1 atom stereocenters. The van der Waals surface area contributed by atoms with E-state index in [0.717, 1.165) is 16.5 Å². The fourth-order valence-electron chi connectivity index (χ4n) is 1.62. The van der Waals surface area contributed by atoms with Gasteiger partial charge in [0.2, 0.25) is 0 Å². The number of carboxylic acids is 1. The number of fused-ring (bicyclic) bond motifs is 1. The molecule has 80 valence electrons. The first-order chi connectivity index (χ1) is 7.18. The Bertz CT molecular complexity index is 501. The standard InChI is InChI=1S/C11H12N2O2.Li.H/c12-9(11(14)15)5-7-6-13-10-4-2-1-3-8(7)10;;/h1-4,6,9,13H,5,12H2,(H,14,15);;/q;+1;-1/t9-;;/m0../s1. The molecular weight excluding hydrogens is 199 g/mol. The van der Waals surface area contributed by atoms with Gasteiger partial charge in [0.25, 0.3) is 0 Å². The van der Waals surface area contributed by atoms with E-state index in [1.165, 1.54) is 0 Å². The number of aromatic nitrogens is 1. The van der Waals surface area contributed by atoms with E-state index in [9.17, 15) is 4.79 Å². The molecule has 1 heterocycles. The van der Waals surface area contributed by atoms with Gasteiger partial charge in [-0.15, -0.1) is 0 Å². The second kappa shape index (κ2) is 5.22. The quantitative estimate of drug-likeness (QED) is 0.527. The van der Waals surface area contributed by atoms with Crippen molar-refractivity contribution in [3.63, 3.8) is 0 Å². The Hall–Kier alpha value is -1.21. The van der Waals surface area contributed by atoms with Crippen LogP contribution >= 0.6 is 0 Å². The summed E-state index contributed by atoms with van der Waals surface area (Å²) in [6.45, 7) is 0. The van der Waals surface area contributed by atoms with Gasteiger partial charge in [-0.05, 0) is 11.6 Å². The summed E-state index contributed by atoms with van der Waals surface area (Å²) in [4.78, 5) is 13.7. The smallest absolute Gasteiger partial charge is 1.00 e. The average molecular weight is 212 g/mol. The van der Waals surface area contributed by atoms with Gasteiger partial charge in [-0.3, -0.25) is 4.79 Å². The zero-order chi connectivity index (χ0) is 10.8. The largest absolute Gasteiger partial charge is 1.00 e. The van der Waals surface area contributed by atoms with Gasteiger partial charge >= 0.3 is 24.8 Å². The Morgan fingerprint density at radius 2 is 2.19 bits per heavy atom. The predicted molar refractivity (Wildman–Crippen MR) is 58.7 cm³/mol. The van der Waals surface area contributed by atoms with Crippen molar-refractivity contribution < 1.29 is 30.2 Å². The van der Waals surface area contributed by atoms with Crippen LogP contribution in [0, 0.1) is 0 Å². The maximum absolute atomic E-state index is 10.6. The van der Waals surface area contributed by atoms with E-state index >= 15 is 0 Å². The normalized spacial score (nSPS) is 12.1. The van der Waals surface area contributed by atoms with Gasteiger partial charge in [0, 0.05) is 23.5 Å². The summed E-state index contributed by atoms with van der Waals surface area (Å²) in [6, 6.07) is 6.91. The number of rotatable bonds is 3. The van der Waals surface area contributed by atoms with Crippen molar-refractivity contribution in [3.8, 4) is 0 Å². The SMILES string of the molecule is N[C@@H](Cc1c[nH]c2ccccc12)C(=O)O.[H-].[Li+]. The van der Waals surface area contributed by atoms with Crippen LogP contribution in [0.25, 0.3) is 10.9 Å².